The smallest absolute Gasteiger partial charge is 0.323 e. The van der Waals surface area contributed by atoms with E-state index in [-0.39, 0.29) is 0 Å². The van der Waals surface area contributed by atoms with Gasteiger partial charge in [0.15, 0.2) is 0 Å². The number of carboxylic acids is 1. The molecule has 1 N–H and O–H groups in total. The Balaban J connectivity index is 1.95. The predicted molar refractivity (Wildman–Crippen MR) is 76.6 cm³/mol. The second-order valence-corrected chi connectivity index (χ2v) is 6.94. The number of carbonyl (C=O) groups is 1. The molecule has 2 unspecified atom stereocenters. The zero-order valence-electron chi connectivity index (χ0n) is 11.4. The lowest BCUT2D eigenvalue weighted by Crippen LogP contribution is -2.56. The fourth-order valence-electron chi connectivity index (χ4n) is 3.66. The Morgan fingerprint density at radius 3 is 3.11 bits per heavy atom. The van der Waals surface area contributed by atoms with Crippen molar-refractivity contribution in [2.24, 2.45) is 0 Å². The second kappa shape index (κ2) is 4.91. The van der Waals surface area contributed by atoms with Gasteiger partial charge in [-0.1, -0.05) is 0 Å². The summed E-state index contributed by atoms with van der Waals surface area (Å²) in [4.78, 5) is 15.5. The topological polar surface area (TPSA) is 40.5 Å². The Morgan fingerprint density at radius 1 is 1.47 bits per heavy atom. The van der Waals surface area contributed by atoms with Gasteiger partial charge in [0.05, 0.1) is 0 Å². The molecule has 0 amide bonds. The Morgan fingerprint density at radius 2 is 2.32 bits per heavy atom. The van der Waals surface area contributed by atoms with E-state index in [4.69, 9.17) is 0 Å². The van der Waals surface area contributed by atoms with Crippen LogP contribution in [-0.4, -0.2) is 28.1 Å². The van der Waals surface area contributed by atoms with E-state index in [9.17, 15) is 9.90 Å². The normalized spacial score (nSPS) is 31.9. The third-order valence-electron chi connectivity index (χ3n) is 4.80. The summed E-state index contributed by atoms with van der Waals surface area (Å²) in [5, 5.41) is 11.8. The minimum Gasteiger partial charge on any atom is -0.480 e. The molecule has 19 heavy (non-hydrogen) atoms. The maximum Gasteiger partial charge on any atom is 0.323 e. The van der Waals surface area contributed by atoms with Gasteiger partial charge in [-0.05, 0) is 69.0 Å². The molecule has 0 saturated carbocycles. The Bertz CT molecular complexity index is 484. The number of carboxylic acid groups (broad SMARTS) is 1. The minimum atomic E-state index is -0.681. The lowest BCUT2D eigenvalue weighted by atomic mass is 9.83. The van der Waals surface area contributed by atoms with Gasteiger partial charge in [-0.3, -0.25) is 9.69 Å². The van der Waals surface area contributed by atoms with Crippen LogP contribution in [-0.2, 0) is 11.2 Å². The number of rotatable bonds is 2. The molecule has 1 aromatic rings. The Kier molecular flexibility index (Phi) is 3.39. The first-order valence-electron chi connectivity index (χ1n) is 7.19. The van der Waals surface area contributed by atoms with E-state index in [1.165, 1.54) is 23.3 Å². The fraction of sp³-hybridized carbons (Fsp3) is 0.667. The van der Waals surface area contributed by atoms with Crippen LogP contribution >= 0.6 is 11.3 Å². The minimum absolute atomic E-state index is 0.316. The molecular formula is C15H21NO2S. The molecule has 0 aromatic carbocycles. The van der Waals surface area contributed by atoms with Gasteiger partial charge in [0.25, 0.3) is 0 Å². The second-order valence-electron chi connectivity index (χ2n) is 5.94. The van der Waals surface area contributed by atoms with Gasteiger partial charge >= 0.3 is 5.97 Å². The molecule has 3 nitrogen and oxygen atoms in total. The van der Waals surface area contributed by atoms with Gasteiger partial charge < -0.3 is 5.11 Å². The molecule has 1 fully saturated rings. The van der Waals surface area contributed by atoms with E-state index in [1.54, 1.807) is 0 Å². The number of aryl methyl sites for hydroxylation is 1. The summed E-state index contributed by atoms with van der Waals surface area (Å²) < 4.78 is 0. The predicted octanol–water partition coefficient (Wildman–Crippen LogP) is 3.45. The van der Waals surface area contributed by atoms with E-state index >= 15 is 0 Å². The van der Waals surface area contributed by atoms with Crippen molar-refractivity contribution in [3.05, 3.63) is 21.9 Å². The molecule has 1 aromatic heterocycles. The number of piperidine rings is 1. The lowest BCUT2D eigenvalue weighted by molar-refractivity contribution is -0.155. The number of likely N-dealkylation sites (tertiary alicyclic amines) is 1. The fourth-order valence-corrected chi connectivity index (χ4v) is 4.64. The number of nitrogens with zero attached hydrogens (tertiary/aromatic N) is 1. The maximum absolute atomic E-state index is 11.7. The van der Waals surface area contributed by atoms with Crippen LogP contribution in [0, 0.1) is 0 Å². The molecule has 1 aliphatic heterocycles. The summed E-state index contributed by atoms with van der Waals surface area (Å²) in [7, 11) is 0. The molecule has 2 atom stereocenters. The van der Waals surface area contributed by atoms with Crippen molar-refractivity contribution in [1.82, 2.24) is 4.90 Å². The van der Waals surface area contributed by atoms with Crippen LogP contribution in [0.2, 0.25) is 0 Å². The van der Waals surface area contributed by atoms with Crippen LogP contribution in [0.25, 0.3) is 0 Å². The highest BCUT2D eigenvalue weighted by atomic mass is 32.1. The molecule has 3 rings (SSSR count). The van der Waals surface area contributed by atoms with Gasteiger partial charge in [-0.25, -0.2) is 0 Å². The first-order valence-corrected chi connectivity index (χ1v) is 8.07. The molecule has 0 spiro atoms. The quantitative estimate of drug-likeness (QED) is 0.901. The number of fused-ring (bicyclic) bond motifs is 1. The molecule has 4 heteroatoms. The Hall–Kier alpha value is -0.870. The van der Waals surface area contributed by atoms with Crippen molar-refractivity contribution in [3.8, 4) is 0 Å². The highest BCUT2D eigenvalue weighted by Gasteiger charge is 2.45. The van der Waals surface area contributed by atoms with Crippen molar-refractivity contribution in [3.63, 3.8) is 0 Å². The third-order valence-corrected chi connectivity index (χ3v) is 5.80. The first-order chi connectivity index (χ1) is 9.13. The standard InChI is InChI=1S/C15H21NO2S/c1-15(14(17)18)8-2-3-9-16(15)12-5-4-6-13-11(12)7-10-19-13/h7,10,12H,2-6,8-9H2,1H3,(H,17,18). The van der Waals surface area contributed by atoms with Crippen molar-refractivity contribution in [2.75, 3.05) is 6.54 Å². The SMILES string of the molecule is CC1(C(=O)O)CCCCN1C1CCCc2sccc21. The third kappa shape index (κ3) is 2.11. The van der Waals surface area contributed by atoms with Crippen LogP contribution in [0.3, 0.4) is 0 Å². The first kappa shape index (κ1) is 13.1. The largest absolute Gasteiger partial charge is 0.480 e. The van der Waals surface area contributed by atoms with Crippen LogP contribution in [0.1, 0.15) is 55.5 Å². The molecular weight excluding hydrogens is 258 g/mol. The average molecular weight is 279 g/mol. The summed E-state index contributed by atoms with van der Waals surface area (Å²) in [5.74, 6) is -0.658. The van der Waals surface area contributed by atoms with Crippen LogP contribution in [0.5, 0.6) is 0 Å². The van der Waals surface area contributed by atoms with Crippen molar-refractivity contribution in [2.45, 2.75) is 57.0 Å². The van der Waals surface area contributed by atoms with E-state index < -0.39 is 11.5 Å². The van der Waals surface area contributed by atoms with Gasteiger partial charge in [-0.15, -0.1) is 11.3 Å². The molecule has 104 valence electrons. The zero-order valence-corrected chi connectivity index (χ0v) is 12.2. The van der Waals surface area contributed by atoms with Crippen LogP contribution < -0.4 is 0 Å². The molecule has 0 radical (unpaired) electrons. The van der Waals surface area contributed by atoms with E-state index in [0.29, 0.717) is 6.04 Å². The Labute approximate surface area is 118 Å². The monoisotopic (exact) mass is 279 g/mol. The number of aliphatic carboxylic acids is 1. The lowest BCUT2D eigenvalue weighted by Gasteiger charge is -2.47. The molecule has 1 saturated heterocycles. The number of thiophene rings is 1. The zero-order chi connectivity index (χ0) is 13.5. The van der Waals surface area contributed by atoms with Crippen LogP contribution in [0.15, 0.2) is 11.4 Å². The van der Waals surface area contributed by atoms with Gasteiger partial charge in [-0.2, -0.15) is 0 Å². The van der Waals surface area contributed by atoms with Crippen molar-refractivity contribution in [1.29, 1.82) is 0 Å². The summed E-state index contributed by atoms with van der Waals surface area (Å²) in [6.45, 7) is 2.83. The van der Waals surface area contributed by atoms with Gasteiger partial charge in [0.1, 0.15) is 5.54 Å². The number of hydrogen-bond acceptors (Lipinski definition) is 3. The maximum atomic E-state index is 11.7. The molecule has 2 heterocycles. The average Bonchev–Trinajstić information content (AvgIpc) is 2.87. The van der Waals surface area contributed by atoms with Crippen molar-refractivity contribution >= 4 is 17.3 Å². The highest BCUT2D eigenvalue weighted by Crippen LogP contribution is 2.43. The summed E-state index contributed by atoms with van der Waals surface area (Å²) in [5.41, 5.74) is 0.713. The van der Waals surface area contributed by atoms with E-state index in [1.807, 2.05) is 18.3 Å². The van der Waals surface area contributed by atoms with Crippen LogP contribution in [0.4, 0.5) is 0 Å². The molecule has 2 aliphatic rings. The van der Waals surface area contributed by atoms with Crippen molar-refractivity contribution < 1.29 is 9.90 Å². The van der Waals surface area contributed by atoms with E-state index in [0.717, 1.165) is 32.2 Å². The molecule has 0 bridgehead atoms. The number of hydrogen-bond donors (Lipinski definition) is 1. The molecule has 1 aliphatic carbocycles. The summed E-state index contributed by atoms with van der Waals surface area (Å²) in [6, 6.07) is 2.53. The summed E-state index contributed by atoms with van der Waals surface area (Å²) >= 11 is 1.83. The highest BCUT2D eigenvalue weighted by molar-refractivity contribution is 7.10. The summed E-state index contributed by atoms with van der Waals surface area (Å²) in [6.07, 6.45) is 6.39. The van der Waals surface area contributed by atoms with Gasteiger partial charge in [0, 0.05) is 10.9 Å². The van der Waals surface area contributed by atoms with E-state index in [2.05, 4.69) is 16.3 Å². The van der Waals surface area contributed by atoms with Gasteiger partial charge in [0.2, 0.25) is 0 Å².